The van der Waals surface area contributed by atoms with E-state index in [1.807, 2.05) is 0 Å². The van der Waals surface area contributed by atoms with Crippen molar-refractivity contribution in [2.24, 2.45) is 0 Å². The average molecular weight is 455 g/mol. The van der Waals surface area contributed by atoms with Crippen LogP contribution in [0.15, 0.2) is 29.2 Å². The summed E-state index contributed by atoms with van der Waals surface area (Å²) in [6.45, 7) is 3.93. The van der Waals surface area contributed by atoms with Crippen molar-refractivity contribution in [3.05, 3.63) is 57.6 Å². The molecule has 2 aromatic rings. The van der Waals surface area contributed by atoms with Crippen molar-refractivity contribution in [1.29, 1.82) is 0 Å². The van der Waals surface area contributed by atoms with Gasteiger partial charge in [0.15, 0.2) is 0 Å². The first-order valence-corrected chi connectivity index (χ1v) is 9.99. The average Bonchev–Trinajstić information content (AvgIpc) is 2.61. The summed E-state index contributed by atoms with van der Waals surface area (Å²) in [6, 6.07) is 2.44. The lowest BCUT2D eigenvalue weighted by atomic mass is 10.0. The van der Waals surface area contributed by atoms with Gasteiger partial charge in [0.05, 0.1) is 23.1 Å². The van der Waals surface area contributed by atoms with Crippen molar-refractivity contribution in [2.75, 3.05) is 7.11 Å². The Bertz CT molecular complexity index is 1030. The molecule has 0 heterocycles. The summed E-state index contributed by atoms with van der Waals surface area (Å²) in [7, 11) is -2.82. The van der Waals surface area contributed by atoms with E-state index in [9.17, 15) is 34.8 Å². The highest BCUT2D eigenvalue weighted by Gasteiger charge is 2.37. The maximum atomic E-state index is 13.0. The van der Waals surface area contributed by atoms with Crippen LogP contribution in [0.2, 0.25) is 0 Å². The van der Waals surface area contributed by atoms with Gasteiger partial charge in [-0.1, -0.05) is 0 Å². The summed E-state index contributed by atoms with van der Waals surface area (Å²) >= 11 is 0. The number of hydrogen-bond donors (Lipinski definition) is 1. The highest BCUT2D eigenvalue weighted by Crippen LogP contribution is 2.36. The fourth-order valence-corrected chi connectivity index (χ4v) is 4.56. The second-order valence-corrected chi connectivity index (χ2v) is 8.42. The minimum atomic E-state index is -5.02. The molecule has 0 aliphatic rings. The van der Waals surface area contributed by atoms with Crippen LogP contribution in [-0.2, 0) is 28.9 Å². The fourth-order valence-electron chi connectivity index (χ4n) is 3.02. The molecule has 0 saturated carbocycles. The largest absolute Gasteiger partial charge is 0.496 e. The van der Waals surface area contributed by atoms with Crippen LogP contribution >= 0.6 is 0 Å². The molecule has 166 valence electrons. The van der Waals surface area contributed by atoms with Crippen LogP contribution in [0.5, 0.6) is 5.75 Å². The third-order valence-corrected chi connectivity index (χ3v) is 6.27. The zero-order valence-corrected chi connectivity index (χ0v) is 17.2. The van der Waals surface area contributed by atoms with Gasteiger partial charge in [-0.05, 0) is 67.3 Å². The summed E-state index contributed by atoms with van der Waals surface area (Å²) < 4.78 is 111. The van der Waals surface area contributed by atoms with Crippen LogP contribution < -0.4 is 9.46 Å². The minimum absolute atomic E-state index is 0.0148. The van der Waals surface area contributed by atoms with Crippen LogP contribution in [0.25, 0.3) is 0 Å². The van der Waals surface area contributed by atoms with Crippen LogP contribution in [-0.4, -0.2) is 15.5 Å². The molecule has 30 heavy (non-hydrogen) atoms. The number of benzene rings is 2. The number of rotatable bonds is 5. The molecule has 1 N–H and O–H groups in total. The van der Waals surface area contributed by atoms with E-state index in [-0.39, 0.29) is 11.0 Å². The number of aryl methyl sites for hydroxylation is 1. The van der Waals surface area contributed by atoms with E-state index < -0.39 is 45.6 Å². The third-order valence-electron chi connectivity index (χ3n) is 4.58. The second-order valence-electron chi connectivity index (χ2n) is 6.71. The predicted molar refractivity (Wildman–Crippen MR) is 97.7 cm³/mol. The van der Waals surface area contributed by atoms with Gasteiger partial charge in [0.1, 0.15) is 5.75 Å². The van der Waals surface area contributed by atoms with Crippen molar-refractivity contribution in [3.63, 3.8) is 0 Å². The molecule has 0 aromatic heterocycles. The van der Waals surface area contributed by atoms with E-state index in [2.05, 4.69) is 4.72 Å². The summed E-state index contributed by atoms with van der Waals surface area (Å²) in [5.74, 6) is 0.455. The molecule has 0 spiro atoms. The first kappa shape index (κ1) is 24.0. The smallest absolute Gasteiger partial charge is 0.416 e. The van der Waals surface area contributed by atoms with E-state index in [1.165, 1.54) is 27.0 Å². The van der Waals surface area contributed by atoms with Gasteiger partial charge in [-0.25, -0.2) is 13.1 Å². The molecule has 0 aliphatic carbocycles. The number of sulfonamides is 1. The van der Waals surface area contributed by atoms with Gasteiger partial charge < -0.3 is 4.74 Å². The maximum absolute atomic E-state index is 13.0. The lowest BCUT2D eigenvalue weighted by Crippen LogP contribution is -2.25. The minimum Gasteiger partial charge on any atom is -0.496 e. The van der Waals surface area contributed by atoms with Crippen molar-refractivity contribution in [2.45, 2.75) is 44.6 Å². The first-order chi connectivity index (χ1) is 13.6. The van der Waals surface area contributed by atoms with Gasteiger partial charge >= 0.3 is 12.4 Å². The van der Waals surface area contributed by atoms with Crippen LogP contribution in [0.1, 0.15) is 33.4 Å². The monoisotopic (exact) mass is 455 g/mol. The van der Waals surface area contributed by atoms with E-state index >= 15 is 0 Å². The van der Waals surface area contributed by atoms with Gasteiger partial charge in [0.25, 0.3) is 0 Å². The van der Waals surface area contributed by atoms with Gasteiger partial charge in [-0.15, -0.1) is 0 Å². The Morgan fingerprint density at radius 2 is 1.37 bits per heavy atom. The number of halogens is 6. The van der Waals surface area contributed by atoms with Crippen molar-refractivity contribution >= 4 is 10.0 Å². The number of hydrogen-bond acceptors (Lipinski definition) is 3. The Balaban J connectivity index is 2.45. The van der Waals surface area contributed by atoms with Gasteiger partial charge in [0, 0.05) is 6.54 Å². The van der Waals surface area contributed by atoms with E-state index in [0.717, 1.165) is 0 Å². The normalized spacial score (nSPS) is 12.9. The Morgan fingerprint density at radius 1 is 0.867 bits per heavy atom. The molecule has 0 unspecified atom stereocenters. The lowest BCUT2D eigenvalue weighted by molar-refractivity contribution is -0.143. The molecule has 2 aromatic carbocycles. The molecule has 0 radical (unpaired) electrons. The predicted octanol–water partition coefficient (Wildman–Crippen LogP) is 5.14. The Hall–Kier alpha value is -2.27. The van der Waals surface area contributed by atoms with Gasteiger partial charge in [-0.2, -0.15) is 26.3 Å². The SMILES string of the molecule is COc1cc(C)c(S(=O)(=O)NCc2cc(C(F)(F)F)cc(C(F)(F)F)c2)c(C)c1C. The van der Waals surface area contributed by atoms with Crippen molar-refractivity contribution in [3.8, 4) is 5.75 Å². The van der Waals surface area contributed by atoms with Gasteiger partial charge in [0.2, 0.25) is 10.0 Å². The topological polar surface area (TPSA) is 55.4 Å². The zero-order valence-electron chi connectivity index (χ0n) is 16.4. The van der Waals surface area contributed by atoms with Crippen molar-refractivity contribution < 1.29 is 39.5 Å². The van der Waals surface area contributed by atoms with Gasteiger partial charge in [-0.3, -0.25) is 0 Å². The summed E-state index contributed by atoms with van der Waals surface area (Å²) in [5.41, 5.74) is -2.27. The lowest BCUT2D eigenvalue weighted by Gasteiger charge is -2.18. The second kappa shape index (κ2) is 8.10. The molecule has 0 saturated heterocycles. The Labute approximate surface area is 169 Å². The molecule has 0 fully saturated rings. The fraction of sp³-hybridized carbons (Fsp3) is 0.368. The summed E-state index contributed by atoms with van der Waals surface area (Å²) in [4.78, 5) is -0.108. The Kier molecular flexibility index (Phi) is 6.48. The van der Waals surface area contributed by atoms with E-state index in [1.54, 1.807) is 6.92 Å². The van der Waals surface area contributed by atoms with Crippen LogP contribution in [0, 0.1) is 20.8 Å². The highest BCUT2D eigenvalue weighted by molar-refractivity contribution is 7.89. The molecule has 0 amide bonds. The van der Waals surface area contributed by atoms with Crippen LogP contribution in [0.3, 0.4) is 0 Å². The standard InChI is InChI=1S/C19H19F6NO3S/c1-10-5-16(29-4)11(2)12(3)17(10)30(27,28)26-9-13-6-14(18(20,21)22)8-15(7-13)19(23,24)25/h5-8,26H,9H2,1-4H3. The maximum Gasteiger partial charge on any atom is 0.416 e. The number of ether oxygens (including phenoxy) is 1. The molecular formula is C19H19F6NO3S. The van der Waals surface area contributed by atoms with Crippen molar-refractivity contribution in [1.82, 2.24) is 4.72 Å². The highest BCUT2D eigenvalue weighted by atomic mass is 32.2. The molecule has 0 atom stereocenters. The molecule has 4 nitrogen and oxygen atoms in total. The molecule has 0 bridgehead atoms. The zero-order chi connectivity index (χ0) is 23.1. The van der Waals surface area contributed by atoms with E-state index in [4.69, 9.17) is 4.74 Å². The number of nitrogens with one attached hydrogen (secondary N) is 1. The third kappa shape index (κ3) is 5.07. The van der Waals surface area contributed by atoms with Crippen LogP contribution in [0.4, 0.5) is 26.3 Å². The number of alkyl halides is 6. The van der Waals surface area contributed by atoms with E-state index in [0.29, 0.717) is 34.6 Å². The summed E-state index contributed by atoms with van der Waals surface area (Å²) in [5, 5.41) is 0. The number of methoxy groups -OCH3 is 1. The first-order valence-electron chi connectivity index (χ1n) is 8.50. The molecule has 11 heteroatoms. The summed E-state index contributed by atoms with van der Waals surface area (Å²) in [6.07, 6.45) is -10.0. The Morgan fingerprint density at radius 3 is 1.80 bits per heavy atom. The molecule has 2 rings (SSSR count). The molecule has 0 aliphatic heterocycles. The quantitative estimate of drug-likeness (QED) is 0.636. The molecular weight excluding hydrogens is 436 g/mol.